The zero-order valence-electron chi connectivity index (χ0n) is 14.1. The largest absolute Gasteiger partial charge is 0.415 e. The van der Waals surface area contributed by atoms with Crippen LogP contribution in [0.2, 0.25) is 18.1 Å². The molecule has 0 saturated carbocycles. The highest BCUT2D eigenvalue weighted by Gasteiger charge is 2.33. The lowest BCUT2D eigenvalue weighted by atomic mass is 10.4. The van der Waals surface area contributed by atoms with Gasteiger partial charge in [-0.15, -0.1) is 0 Å². The Labute approximate surface area is 125 Å². The van der Waals surface area contributed by atoms with Gasteiger partial charge in [-0.2, -0.15) is 0 Å². The van der Waals surface area contributed by atoms with E-state index >= 15 is 0 Å². The molecule has 0 aliphatic heterocycles. The summed E-state index contributed by atoms with van der Waals surface area (Å²) in [4.78, 5) is 0. The van der Waals surface area contributed by atoms with E-state index in [2.05, 4.69) is 34.2 Å². The Hall–Kier alpha value is 0.0569. The Bertz CT molecular complexity index is 234. The van der Waals surface area contributed by atoms with Crippen LogP contribution in [-0.4, -0.2) is 52.1 Å². The van der Waals surface area contributed by atoms with Crippen LogP contribution >= 0.6 is 0 Å². The van der Waals surface area contributed by atoms with Gasteiger partial charge < -0.3 is 19.0 Å². The first-order valence-corrected chi connectivity index (χ1v) is 10.5. The number of hydrogen-bond acceptors (Lipinski definition) is 4. The maximum atomic E-state index is 9.03. The van der Waals surface area contributed by atoms with Crippen molar-refractivity contribution >= 4 is 8.32 Å². The van der Waals surface area contributed by atoms with Crippen LogP contribution in [0.1, 0.15) is 41.0 Å². The normalized spacial score (nSPS) is 16.6. The van der Waals surface area contributed by atoms with Gasteiger partial charge >= 0.3 is 0 Å². The molecular weight excluding hydrogens is 272 g/mol. The number of aliphatic hydroxyl groups excluding tert-OH is 1. The van der Waals surface area contributed by atoms with E-state index in [0.29, 0.717) is 31.5 Å². The highest BCUT2D eigenvalue weighted by Crippen LogP contribution is 2.28. The van der Waals surface area contributed by atoms with Crippen molar-refractivity contribution in [3.8, 4) is 0 Å². The van der Waals surface area contributed by atoms with Crippen LogP contribution in [-0.2, 0) is 13.9 Å². The highest BCUT2D eigenvalue weighted by atomic mass is 28.4. The molecular formula is C15H34O4Si. The lowest BCUT2D eigenvalue weighted by Crippen LogP contribution is -2.40. The summed E-state index contributed by atoms with van der Waals surface area (Å²) in [6.07, 6.45) is 0.953. The minimum atomic E-state index is -1.62. The van der Waals surface area contributed by atoms with E-state index in [9.17, 15) is 0 Å². The summed E-state index contributed by atoms with van der Waals surface area (Å²) >= 11 is 0. The van der Waals surface area contributed by atoms with Crippen molar-refractivity contribution in [2.75, 3.05) is 26.4 Å². The first kappa shape index (κ1) is 20.1. The predicted octanol–water partition coefficient (Wildman–Crippen LogP) is 3.20. The molecule has 0 spiro atoms. The standard InChI is InChI=1S/C15H34O4Si/c1-13(2)19-20(6,14(3)4)11-7-8-17-9-10-18-12-15(5)16/h13-16H,7-12H2,1-6H3. The van der Waals surface area contributed by atoms with Crippen molar-refractivity contribution < 1.29 is 19.0 Å². The Morgan fingerprint density at radius 1 is 0.950 bits per heavy atom. The van der Waals surface area contributed by atoms with Crippen molar-refractivity contribution in [2.24, 2.45) is 0 Å². The molecule has 20 heavy (non-hydrogen) atoms. The van der Waals surface area contributed by atoms with Gasteiger partial charge in [0.15, 0.2) is 8.32 Å². The number of hydrogen-bond donors (Lipinski definition) is 1. The maximum Gasteiger partial charge on any atom is 0.192 e. The molecule has 0 aliphatic rings. The molecule has 0 amide bonds. The topological polar surface area (TPSA) is 47.9 Å². The van der Waals surface area contributed by atoms with Gasteiger partial charge in [-0.25, -0.2) is 0 Å². The fourth-order valence-electron chi connectivity index (χ4n) is 2.02. The molecule has 1 N–H and O–H groups in total. The van der Waals surface area contributed by atoms with Crippen molar-refractivity contribution in [3.63, 3.8) is 0 Å². The lowest BCUT2D eigenvalue weighted by molar-refractivity contribution is 0.00952. The van der Waals surface area contributed by atoms with Gasteiger partial charge in [-0.05, 0) is 45.3 Å². The number of rotatable bonds is 12. The van der Waals surface area contributed by atoms with Crippen molar-refractivity contribution in [3.05, 3.63) is 0 Å². The zero-order valence-corrected chi connectivity index (χ0v) is 15.1. The highest BCUT2D eigenvalue weighted by molar-refractivity contribution is 6.73. The zero-order chi connectivity index (χ0) is 15.6. The Kier molecular flexibility index (Phi) is 10.8. The Balaban J connectivity index is 3.69. The van der Waals surface area contributed by atoms with E-state index in [0.717, 1.165) is 19.1 Å². The third-order valence-electron chi connectivity index (χ3n) is 3.42. The molecule has 0 radical (unpaired) electrons. The quantitative estimate of drug-likeness (QED) is 0.444. The van der Waals surface area contributed by atoms with Crippen molar-refractivity contribution in [2.45, 2.75) is 71.4 Å². The van der Waals surface area contributed by atoms with Gasteiger partial charge in [-0.1, -0.05) is 13.8 Å². The van der Waals surface area contributed by atoms with Gasteiger partial charge in [0.25, 0.3) is 0 Å². The Morgan fingerprint density at radius 2 is 1.55 bits per heavy atom. The molecule has 0 aromatic heterocycles. The summed E-state index contributed by atoms with van der Waals surface area (Å²) in [5, 5.41) is 9.03. The second kappa shape index (κ2) is 10.7. The molecule has 2 unspecified atom stereocenters. The molecule has 0 heterocycles. The van der Waals surface area contributed by atoms with Crippen LogP contribution < -0.4 is 0 Å². The minimum Gasteiger partial charge on any atom is -0.415 e. The minimum absolute atomic E-state index is 0.309. The van der Waals surface area contributed by atoms with E-state index < -0.39 is 14.4 Å². The van der Waals surface area contributed by atoms with Crippen LogP contribution in [0.25, 0.3) is 0 Å². The molecule has 122 valence electrons. The van der Waals surface area contributed by atoms with Gasteiger partial charge in [0.2, 0.25) is 0 Å². The molecule has 0 aromatic carbocycles. The first-order chi connectivity index (χ1) is 9.28. The SMILES string of the molecule is CC(O)COCCOCCC[Si](C)(OC(C)C)C(C)C. The Morgan fingerprint density at radius 3 is 2.05 bits per heavy atom. The van der Waals surface area contributed by atoms with E-state index in [1.165, 1.54) is 0 Å². The van der Waals surface area contributed by atoms with Crippen LogP contribution in [0.4, 0.5) is 0 Å². The van der Waals surface area contributed by atoms with Crippen molar-refractivity contribution in [1.82, 2.24) is 0 Å². The average Bonchev–Trinajstić information content (AvgIpc) is 2.31. The lowest BCUT2D eigenvalue weighted by Gasteiger charge is -2.33. The third-order valence-corrected chi connectivity index (χ3v) is 8.22. The fraction of sp³-hybridized carbons (Fsp3) is 1.00. The first-order valence-electron chi connectivity index (χ1n) is 7.79. The van der Waals surface area contributed by atoms with Crippen LogP contribution in [0.5, 0.6) is 0 Å². The number of ether oxygens (including phenoxy) is 2. The molecule has 0 bridgehead atoms. The molecule has 0 saturated heterocycles. The van der Waals surface area contributed by atoms with E-state index in [1.54, 1.807) is 6.92 Å². The summed E-state index contributed by atoms with van der Waals surface area (Å²) in [6, 6.07) is 1.14. The van der Waals surface area contributed by atoms with Crippen LogP contribution in [0, 0.1) is 0 Å². The van der Waals surface area contributed by atoms with E-state index in [4.69, 9.17) is 19.0 Å². The predicted molar refractivity (Wildman–Crippen MR) is 85.7 cm³/mol. The number of aliphatic hydroxyl groups is 1. The second-order valence-corrected chi connectivity index (χ2v) is 10.8. The fourth-order valence-corrected chi connectivity index (χ4v) is 4.91. The van der Waals surface area contributed by atoms with Gasteiger partial charge in [0.1, 0.15) is 0 Å². The summed E-state index contributed by atoms with van der Waals surface area (Å²) in [7, 11) is -1.62. The third kappa shape index (κ3) is 9.88. The summed E-state index contributed by atoms with van der Waals surface area (Å²) in [5.41, 5.74) is 0.624. The monoisotopic (exact) mass is 306 g/mol. The molecule has 0 aliphatic carbocycles. The summed E-state index contributed by atoms with van der Waals surface area (Å²) < 4.78 is 17.0. The smallest absolute Gasteiger partial charge is 0.192 e. The van der Waals surface area contributed by atoms with Gasteiger partial charge in [0.05, 0.1) is 25.9 Å². The average molecular weight is 307 g/mol. The summed E-state index contributed by atoms with van der Waals surface area (Å²) in [5.74, 6) is 0. The molecule has 2 atom stereocenters. The molecule has 0 aromatic rings. The van der Waals surface area contributed by atoms with E-state index in [-0.39, 0.29) is 0 Å². The van der Waals surface area contributed by atoms with Crippen LogP contribution in [0.15, 0.2) is 0 Å². The van der Waals surface area contributed by atoms with Gasteiger partial charge in [-0.3, -0.25) is 0 Å². The molecule has 4 nitrogen and oxygen atoms in total. The van der Waals surface area contributed by atoms with Crippen molar-refractivity contribution in [1.29, 1.82) is 0 Å². The van der Waals surface area contributed by atoms with Gasteiger partial charge in [0, 0.05) is 12.7 Å². The summed E-state index contributed by atoms with van der Waals surface area (Å²) in [6.45, 7) is 15.1. The molecule has 5 heteroatoms. The molecule has 0 fully saturated rings. The van der Waals surface area contributed by atoms with Crippen LogP contribution in [0.3, 0.4) is 0 Å². The molecule has 0 rings (SSSR count). The maximum absolute atomic E-state index is 9.03. The van der Waals surface area contributed by atoms with E-state index in [1.807, 2.05) is 0 Å². The second-order valence-electron chi connectivity index (χ2n) is 6.27.